The van der Waals surface area contributed by atoms with E-state index in [0.29, 0.717) is 18.1 Å². The zero-order valence-electron chi connectivity index (χ0n) is 14.4. The van der Waals surface area contributed by atoms with Crippen molar-refractivity contribution >= 4 is 5.97 Å². The predicted molar refractivity (Wildman–Crippen MR) is 89.0 cm³/mol. The number of ether oxygens (including phenoxy) is 2. The number of fused-ring (bicyclic) bond motifs is 12. The molecule has 6 fully saturated rings. The molecule has 0 spiro atoms. The molecule has 9 atom stereocenters. The molecular weight excluding hydrogens is 300 g/mol. The maximum absolute atomic E-state index is 13.1. The highest BCUT2D eigenvalue weighted by atomic mass is 16.6. The summed E-state index contributed by atoms with van der Waals surface area (Å²) in [5.41, 5.74) is -0.365. The third-order valence-electron chi connectivity index (χ3n) is 8.75. The summed E-state index contributed by atoms with van der Waals surface area (Å²) in [6, 6.07) is 0. The molecule has 6 rings (SSSR count). The van der Waals surface area contributed by atoms with Gasteiger partial charge in [0.05, 0.1) is 18.1 Å². The van der Waals surface area contributed by atoms with E-state index in [4.69, 9.17) is 9.47 Å². The molecule has 5 aliphatic carbocycles. The lowest BCUT2D eigenvalue weighted by Crippen LogP contribution is -2.42. The van der Waals surface area contributed by atoms with Crippen molar-refractivity contribution in [3.63, 3.8) is 0 Å². The molecule has 3 heteroatoms. The fraction of sp³-hybridized carbons (Fsp3) is 0.857. The fourth-order valence-corrected chi connectivity index (χ4v) is 7.89. The van der Waals surface area contributed by atoms with Crippen LogP contribution in [-0.4, -0.2) is 23.8 Å². The first-order chi connectivity index (χ1) is 11.7. The summed E-state index contributed by atoms with van der Waals surface area (Å²) in [5.74, 6) is 4.83. The van der Waals surface area contributed by atoms with Crippen LogP contribution in [0.15, 0.2) is 12.7 Å². The van der Waals surface area contributed by atoms with E-state index >= 15 is 0 Å². The molecule has 0 aromatic carbocycles. The number of carbonyl (C=O) groups excluding carboxylic acids is 1. The van der Waals surface area contributed by atoms with Crippen LogP contribution in [-0.2, 0) is 14.3 Å². The SMILES string of the molecule is C=CC1(OC(=O)C2CC3CC2C2C4CC(C5OC45)C32)CCCCC1. The largest absolute Gasteiger partial charge is 0.455 e. The maximum atomic E-state index is 13.1. The Kier molecular flexibility index (Phi) is 2.79. The third-order valence-corrected chi connectivity index (χ3v) is 8.75. The van der Waals surface area contributed by atoms with E-state index in [2.05, 4.69) is 6.58 Å². The van der Waals surface area contributed by atoms with Crippen molar-refractivity contribution in [1.29, 1.82) is 0 Å². The molecule has 1 heterocycles. The monoisotopic (exact) mass is 328 g/mol. The molecule has 0 aromatic heterocycles. The topological polar surface area (TPSA) is 38.8 Å². The fourth-order valence-electron chi connectivity index (χ4n) is 7.89. The second-order valence-electron chi connectivity index (χ2n) is 9.54. The Bertz CT molecular complexity index is 592. The van der Waals surface area contributed by atoms with Gasteiger partial charge in [-0.3, -0.25) is 4.79 Å². The van der Waals surface area contributed by atoms with Crippen LogP contribution >= 0.6 is 0 Å². The van der Waals surface area contributed by atoms with Crippen molar-refractivity contribution in [3.8, 4) is 0 Å². The van der Waals surface area contributed by atoms with Gasteiger partial charge in [-0.25, -0.2) is 0 Å². The van der Waals surface area contributed by atoms with E-state index in [9.17, 15) is 4.79 Å². The summed E-state index contributed by atoms with van der Waals surface area (Å²) >= 11 is 0. The summed E-state index contributed by atoms with van der Waals surface area (Å²) in [7, 11) is 0. The lowest BCUT2D eigenvalue weighted by molar-refractivity contribution is -0.166. The van der Waals surface area contributed by atoms with E-state index in [1.54, 1.807) is 0 Å². The second-order valence-corrected chi connectivity index (χ2v) is 9.54. The first-order valence-corrected chi connectivity index (χ1v) is 10.2. The number of hydrogen-bond donors (Lipinski definition) is 0. The molecule has 0 radical (unpaired) electrons. The van der Waals surface area contributed by atoms with Crippen LogP contribution in [0.4, 0.5) is 0 Å². The summed E-state index contributed by atoms with van der Waals surface area (Å²) in [4.78, 5) is 13.1. The van der Waals surface area contributed by atoms with Gasteiger partial charge in [0.15, 0.2) is 0 Å². The average Bonchev–Trinajstić information content (AvgIpc) is 2.95. The lowest BCUT2D eigenvalue weighted by Gasteiger charge is -2.39. The van der Waals surface area contributed by atoms with Crippen LogP contribution < -0.4 is 0 Å². The van der Waals surface area contributed by atoms with Crippen LogP contribution in [0.1, 0.15) is 51.4 Å². The molecule has 130 valence electrons. The molecule has 4 bridgehead atoms. The highest BCUT2D eigenvalue weighted by Crippen LogP contribution is 2.73. The van der Waals surface area contributed by atoms with Crippen molar-refractivity contribution < 1.29 is 14.3 Å². The van der Waals surface area contributed by atoms with Crippen LogP contribution in [0.2, 0.25) is 0 Å². The molecule has 1 aliphatic heterocycles. The maximum Gasteiger partial charge on any atom is 0.310 e. The van der Waals surface area contributed by atoms with E-state index in [-0.39, 0.29) is 17.5 Å². The van der Waals surface area contributed by atoms with Crippen molar-refractivity contribution in [2.24, 2.45) is 41.4 Å². The first-order valence-electron chi connectivity index (χ1n) is 10.2. The van der Waals surface area contributed by atoms with Crippen molar-refractivity contribution in [3.05, 3.63) is 12.7 Å². The Morgan fingerprint density at radius 3 is 2.50 bits per heavy atom. The van der Waals surface area contributed by atoms with Gasteiger partial charge in [-0.1, -0.05) is 13.0 Å². The number of rotatable bonds is 3. The van der Waals surface area contributed by atoms with Gasteiger partial charge in [-0.15, -0.1) is 0 Å². The quantitative estimate of drug-likeness (QED) is 0.343. The molecule has 3 nitrogen and oxygen atoms in total. The summed E-state index contributed by atoms with van der Waals surface area (Å²) in [6.07, 6.45) is 12.3. The van der Waals surface area contributed by atoms with Gasteiger partial charge in [-0.2, -0.15) is 0 Å². The molecular formula is C21H28O3. The van der Waals surface area contributed by atoms with E-state index in [0.717, 1.165) is 61.7 Å². The number of esters is 1. The van der Waals surface area contributed by atoms with Crippen LogP contribution in [0.25, 0.3) is 0 Å². The van der Waals surface area contributed by atoms with Gasteiger partial charge in [0.1, 0.15) is 5.60 Å². The lowest BCUT2D eigenvalue weighted by atomic mass is 9.67. The zero-order chi connectivity index (χ0) is 16.1. The van der Waals surface area contributed by atoms with Gasteiger partial charge in [0.2, 0.25) is 0 Å². The first kappa shape index (κ1) is 14.4. The van der Waals surface area contributed by atoms with Crippen LogP contribution in [0.5, 0.6) is 0 Å². The normalized spacial score (nSPS) is 55.1. The van der Waals surface area contributed by atoms with E-state index in [1.807, 2.05) is 6.08 Å². The van der Waals surface area contributed by atoms with Gasteiger partial charge in [0, 0.05) is 0 Å². The zero-order valence-corrected chi connectivity index (χ0v) is 14.4. The number of epoxide rings is 1. The van der Waals surface area contributed by atoms with E-state index in [1.165, 1.54) is 19.3 Å². The highest BCUT2D eigenvalue weighted by Gasteiger charge is 2.74. The number of hydrogen-bond acceptors (Lipinski definition) is 3. The van der Waals surface area contributed by atoms with Gasteiger partial charge in [-0.05, 0) is 86.5 Å². The summed E-state index contributed by atoms with van der Waals surface area (Å²) in [5, 5.41) is 0. The molecule has 24 heavy (non-hydrogen) atoms. The average molecular weight is 328 g/mol. The minimum atomic E-state index is -0.365. The molecule has 6 aliphatic rings. The minimum absolute atomic E-state index is 0.0961. The third kappa shape index (κ3) is 1.70. The summed E-state index contributed by atoms with van der Waals surface area (Å²) < 4.78 is 12.1. The minimum Gasteiger partial charge on any atom is -0.455 e. The van der Waals surface area contributed by atoms with E-state index < -0.39 is 0 Å². The Morgan fingerprint density at radius 1 is 1.00 bits per heavy atom. The van der Waals surface area contributed by atoms with Crippen LogP contribution in [0, 0.1) is 41.4 Å². The molecule has 0 N–H and O–H groups in total. The predicted octanol–water partition coefficient (Wildman–Crippen LogP) is 3.72. The van der Waals surface area contributed by atoms with Crippen molar-refractivity contribution in [1.82, 2.24) is 0 Å². The Morgan fingerprint density at radius 2 is 1.75 bits per heavy atom. The standard InChI is InChI=1S/C21H28O3/c1-2-21(6-4-3-5-7-21)24-20(22)13-9-11-8-12(13)17-15-10-14(16(11)17)18-19(15)23-18/h2,11-19H,1,3-10H2. The number of carbonyl (C=O) groups is 1. The molecule has 5 saturated carbocycles. The van der Waals surface area contributed by atoms with Gasteiger partial charge in [0.25, 0.3) is 0 Å². The molecule has 1 saturated heterocycles. The molecule has 9 unspecified atom stereocenters. The smallest absolute Gasteiger partial charge is 0.310 e. The van der Waals surface area contributed by atoms with Gasteiger partial charge < -0.3 is 9.47 Å². The van der Waals surface area contributed by atoms with Crippen molar-refractivity contribution in [2.45, 2.75) is 69.2 Å². The Hall–Kier alpha value is -0.830. The molecule has 0 amide bonds. The molecule has 0 aromatic rings. The van der Waals surface area contributed by atoms with Crippen molar-refractivity contribution in [2.75, 3.05) is 0 Å². The Balaban J connectivity index is 1.21. The van der Waals surface area contributed by atoms with Gasteiger partial charge >= 0.3 is 5.97 Å². The highest BCUT2D eigenvalue weighted by molar-refractivity contribution is 5.74. The Labute approximate surface area is 144 Å². The second kappa shape index (κ2) is 4.66. The summed E-state index contributed by atoms with van der Waals surface area (Å²) in [6.45, 7) is 3.99. The van der Waals surface area contributed by atoms with Crippen LogP contribution in [0.3, 0.4) is 0 Å².